The Hall–Kier alpha value is 0. The summed E-state index contributed by atoms with van der Waals surface area (Å²) in [5, 5.41) is 0. The van der Waals surface area contributed by atoms with Crippen LogP contribution in [0.3, 0.4) is 0 Å². The Morgan fingerprint density at radius 2 is 0.625 bits per heavy atom. The highest BCUT2D eigenvalue weighted by Crippen LogP contribution is 2.65. The summed E-state index contributed by atoms with van der Waals surface area (Å²) >= 11 is 0. The lowest BCUT2D eigenvalue weighted by Gasteiger charge is -2.62. The van der Waals surface area contributed by atoms with Crippen LogP contribution in [0.4, 0.5) is 0 Å². The largest absolute Gasteiger partial charge is 0.0625 e. The van der Waals surface area contributed by atoms with Crippen LogP contribution >= 0.6 is 0 Å². The second kappa shape index (κ2) is 15.2. The van der Waals surface area contributed by atoms with Crippen molar-refractivity contribution in [1.82, 2.24) is 0 Å². The molecule has 0 saturated heterocycles. The zero-order valence-electron chi connectivity index (χ0n) is 32.0. The fraction of sp³-hybridized carbons (Fsp3) is 1.00. The first kappa shape index (κ1) is 33.8. The second-order valence-corrected chi connectivity index (χ2v) is 21.3. The van der Waals surface area contributed by atoms with E-state index in [1.807, 2.05) is 0 Å². The highest BCUT2D eigenvalue weighted by atomic mass is 14.6. The van der Waals surface area contributed by atoms with Gasteiger partial charge in [-0.3, -0.25) is 0 Å². The lowest BCUT2D eigenvalue weighted by molar-refractivity contribution is -0.135. The SMILES string of the molecule is CC1CCC(C2CCC(C3CCCCC3C3C4CCCCC4C(C4CC5CCCCC(C5)C5CCCCC54)C4CCCCC43)CC2)CC1. The maximum absolute atomic E-state index is 2.52. The van der Waals surface area contributed by atoms with E-state index in [0.29, 0.717) is 0 Å². The normalized spacial score (nSPS) is 53.3. The Balaban J connectivity index is 0.985. The van der Waals surface area contributed by atoms with Gasteiger partial charge in [-0.05, 0) is 203 Å². The third-order valence-corrected chi connectivity index (χ3v) is 19.4. The predicted molar refractivity (Wildman–Crippen MR) is 204 cm³/mol. The molecule has 11 unspecified atom stereocenters. The summed E-state index contributed by atoms with van der Waals surface area (Å²) in [4.78, 5) is 0. The van der Waals surface area contributed by atoms with Gasteiger partial charge in [-0.1, -0.05) is 96.8 Å². The standard InChI is InChI=1S/C48H80/c1-32-22-24-34(25-23-32)35-26-28-36(29-27-35)38-14-5-7-17-41(38)47-42-18-8-10-20-44(42)48(45-21-11-9-19-43(45)47)46-31-33-12-2-3-13-37(30-33)39-15-4-6-16-40(39)46/h32-48H,2-31H2,1H3. The quantitative estimate of drug-likeness (QED) is 0.282. The molecule has 0 aromatic carbocycles. The molecule has 9 saturated carbocycles. The number of hydrogen-bond donors (Lipinski definition) is 0. The average Bonchev–Trinajstić information content (AvgIpc) is 3.47. The van der Waals surface area contributed by atoms with Gasteiger partial charge in [0.1, 0.15) is 0 Å². The van der Waals surface area contributed by atoms with Crippen molar-refractivity contribution in [3.05, 3.63) is 0 Å². The van der Waals surface area contributed by atoms with Crippen molar-refractivity contribution < 1.29 is 0 Å². The Kier molecular flexibility index (Phi) is 10.7. The molecule has 9 rings (SSSR count). The summed E-state index contributed by atoms with van der Waals surface area (Å²) in [6.45, 7) is 2.52. The van der Waals surface area contributed by atoms with E-state index in [1.54, 1.807) is 180 Å². The van der Waals surface area contributed by atoms with Crippen LogP contribution in [0.5, 0.6) is 0 Å². The monoisotopic (exact) mass is 657 g/mol. The first-order chi connectivity index (χ1) is 23.7. The van der Waals surface area contributed by atoms with Gasteiger partial charge in [0.15, 0.2) is 0 Å². The molecule has 9 aliphatic carbocycles. The molecule has 0 heterocycles. The molecule has 48 heavy (non-hydrogen) atoms. The van der Waals surface area contributed by atoms with Gasteiger partial charge in [0.05, 0.1) is 0 Å². The van der Waals surface area contributed by atoms with E-state index in [0.717, 1.165) is 101 Å². The van der Waals surface area contributed by atoms with Crippen LogP contribution in [-0.4, -0.2) is 0 Å². The Morgan fingerprint density at radius 3 is 1.19 bits per heavy atom. The van der Waals surface area contributed by atoms with Crippen LogP contribution in [-0.2, 0) is 0 Å². The van der Waals surface area contributed by atoms with Crippen molar-refractivity contribution >= 4 is 0 Å². The molecule has 0 heteroatoms. The molecule has 0 aromatic rings. The summed E-state index contributed by atoms with van der Waals surface area (Å²) in [5.41, 5.74) is 0. The van der Waals surface area contributed by atoms with E-state index >= 15 is 0 Å². The van der Waals surface area contributed by atoms with Crippen molar-refractivity contribution in [1.29, 1.82) is 0 Å². The van der Waals surface area contributed by atoms with Crippen LogP contribution in [0.25, 0.3) is 0 Å². The lowest BCUT2D eigenvalue weighted by atomic mass is 9.43. The number of fused-ring (bicyclic) bond motifs is 6. The van der Waals surface area contributed by atoms with Crippen molar-refractivity contribution in [3.63, 3.8) is 0 Å². The molecule has 11 atom stereocenters. The van der Waals surface area contributed by atoms with E-state index in [4.69, 9.17) is 0 Å². The second-order valence-electron chi connectivity index (χ2n) is 21.3. The third kappa shape index (κ3) is 6.58. The van der Waals surface area contributed by atoms with Gasteiger partial charge < -0.3 is 0 Å². The Morgan fingerprint density at radius 1 is 0.250 bits per heavy atom. The van der Waals surface area contributed by atoms with E-state index in [9.17, 15) is 0 Å². The van der Waals surface area contributed by atoms with Gasteiger partial charge in [0.2, 0.25) is 0 Å². The van der Waals surface area contributed by atoms with Crippen LogP contribution in [0.15, 0.2) is 0 Å². The molecule has 0 amide bonds. The van der Waals surface area contributed by atoms with Gasteiger partial charge >= 0.3 is 0 Å². The van der Waals surface area contributed by atoms with Gasteiger partial charge in [-0.15, -0.1) is 0 Å². The molecule has 0 spiro atoms. The Labute approximate surface area is 299 Å². The summed E-state index contributed by atoms with van der Waals surface area (Å²) in [5.74, 6) is 18.9. The molecule has 0 N–H and O–H groups in total. The van der Waals surface area contributed by atoms with Crippen LogP contribution in [0, 0.1) is 101 Å². The first-order valence-electron chi connectivity index (χ1n) is 23.7. The predicted octanol–water partition coefficient (Wildman–Crippen LogP) is 14.3. The van der Waals surface area contributed by atoms with E-state index in [2.05, 4.69) is 6.92 Å². The van der Waals surface area contributed by atoms with E-state index in [-0.39, 0.29) is 0 Å². The minimum Gasteiger partial charge on any atom is -0.0625 e. The molecule has 9 fully saturated rings. The molecule has 272 valence electrons. The minimum absolute atomic E-state index is 1.01. The molecular formula is C48H80. The third-order valence-electron chi connectivity index (χ3n) is 19.4. The molecule has 0 nitrogen and oxygen atoms in total. The van der Waals surface area contributed by atoms with Crippen molar-refractivity contribution in [3.8, 4) is 0 Å². The maximum Gasteiger partial charge on any atom is -0.0321 e. The van der Waals surface area contributed by atoms with Gasteiger partial charge in [-0.25, -0.2) is 0 Å². The van der Waals surface area contributed by atoms with E-state index in [1.165, 1.54) is 12.8 Å². The summed E-state index contributed by atoms with van der Waals surface area (Å²) < 4.78 is 0. The number of rotatable bonds is 4. The van der Waals surface area contributed by atoms with Gasteiger partial charge in [0, 0.05) is 0 Å². The maximum atomic E-state index is 2.52. The molecular weight excluding hydrogens is 577 g/mol. The summed E-state index contributed by atoms with van der Waals surface area (Å²) in [6, 6.07) is 0. The highest BCUT2D eigenvalue weighted by Gasteiger charge is 2.58. The number of hydrogen-bond acceptors (Lipinski definition) is 0. The average molecular weight is 657 g/mol. The van der Waals surface area contributed by atoms with Crippen LogP contribution in [0.2, 0.25) is 0 Å². The molecule has 0 radical (unpaired) electrons. The molecule has 9 aliphatic rings. The van der Waals surface area contributed by atoms with Gasteiger partial charge in [0.25, 0.3) is 0 Å². The molecule has 0 aliphatic heterocycles. The lowest BCUT2D eigenvalue weighted by Crippen LogP contribution is -2.55. The summed E-state index contributed by atoms with van der Waals surface area (Å²) in [7, 11) is 0. The van der Waals surface area contributed by atoms with Crippen molar-refractivity contribution in [2.24, 2.45) is 101 Å². The van der Waals surface area contributed by atoms with Gasteiger partial charge in [-0.2, -0.15) is 0 Å². The van der Waals surface area contributed by atoms with Crippen molar-refractivity contribution in [2.75, 3.05) is 0 Å². The van der Waals surface area contributed by atoms with E-state index < -0.39 is 0 Å². The highest BCUT2D eigenvalue weighted by molar-refractivity contribution is 5.07. The van der Waals surface area contributed by atoms with Crippen molar-refractivity contribution in [2.45, 2.75) is 200 Å². The fourth-order valence-corrected chi connectivity index (χ4v) is 17.7. The summed E-state index contributed by atoms with van der Waals surface area (Å²) in [6.07, 6.45) is 48.2. The smallest absolute Gasteiger partial charge is 0.0321 e. The zero-order valence-corrected chi connectivity index (χ0v) is 32.0. The Bertz CT molecular complexity index is 987. The zero-order chi connectivity index (χ0) is 32.0. The topological polar surface area (TPSA) is 0 Å². The first-order valence-corrected chi connectivity index (χ1v) is 23.7. The molecule has 2 bridgehead atoms. The minimum atomic E-state index is 1.01. The molecule has 0 aromatic heterocycles. The fourth-order valence-electron chi connectivity index (χ4n) is 17.7. The van der Waals surface area contributed by atoms with Crippen LogP contribution < -0.4 is 0 Å². The van der Waals surface area contributed by atoms with Crippen LogP contribution in [0.1, 0.15) is 200 Å².